The fraction of sp³-hybridized carbons (Fsp3) is 0.333. The van der Waals surface area contributed by atoms with Crippen LogP contribution in [0, 0.1) is 0 Å². The first-order chi connectivity index (χ1) is 17.1. The van der Waals surface area contributed by atoms with Gasteiger partial charge in [-0.25, -0.2) is 9.13 Å². The van der Waals surface area contributed by atoms with Gasteiger partial charge >= 0.3 is 17.8 Å². The van der Waals surface area contributed by atoms with E-state index in [2.05, 4.69) is 0 Å². The first-order valence-corrected chi connectivity index (χ1v) is 13.2. The number of aromatic nitrogens is 2. The maximum Gasteiger partial charge on any atom is 0.380 e. The van der Waals surface area contributed by atoms with Gasteiger partial charge in [0.25, 0.3) is 0 Å². The lowest BCUT2D eigenvalue weighted by Gasteiger charge is -2.47. The lowest BCUT2D eigenvalue weighted by molar-refractivity contribution is -0.671. The SMILES string of the molecule is C[n+]1ccc(C2=CC3=C4C(=C5C=C(c6cc[n+](C)cc6)SC5(C)C3(C)S2)C(F)(F)C(F)(F)C4(F)F)cc1.[Cl-].[Cl-]. The lowest BCUT2D eigenvalue weighted by atomic mass is 9.71. The molecule has 0 saturated heterocycles. The van der Waals surface area contributed by atoms with Crippen LogP contribution < -0.4 is 33.9 Å². The average molecular weight is 624 g/mol. The summed E-state index contributed by atoms with van der Waals surface area (Å²) in [5.41, 5.74) is -1.40. The molecule has 2 aromatic heterocycles. The van der Waals surface area contributed by atoms with E-state index in [1.807, 2.05) is 14.1 Å². The van der Waals surface area contributed by atoms with E-state index >= 15 is 17.6 Å². The number of pyridine rings is 2. The molecule has 0 N–H and O–H groups in total. The third-order valence-corrected chi connectivity index (χ3v) is 11.2. The highest BCUT2D eigenvalue weighted by Gasteiger charge is 2.84. The Bertz CT molecular complexity index is 1390. The van der Waals surface area contributed by atoms with E-state index in [1.54, 1.807) is 72.0 Å². The van der Waals surface area contributed by atoms with Crippen molar-refractivity contribution in [3.05, 3.63) is 94.6 Å². The number of aryl methyl sites for hydroxylation is 2. The molecule has 2 atom stereocenters. The monoisotopic (exact) mass is 622 g/mol. The zero-order valence-corrected chi connectivity index (χ0v) is 24.2. The van der Waals surface area contributed by atoms with Crippen molar-refractivity contribution >= 4 is 33.3 Å². The Morgan fingerprint density at radius 1 is 0.590 bits per heavy atom. The fourth-order valence-corrected chi connectivity index (χ4v) is 8.67. The van der Waals surface area contributed by atoms with Gasteiger partial charge in [0, 0.05) is 45.2 Å². The number of hydrogen-bond donors (Lipinski definition) is 0. The van der Waals surface area contributed by atoms with Gasteiger partial charge in [-0.05, 0) is 48.3 Å². The van der Waals surface area contributed by atoms with Gasteiger partial charge in [-0.1, -0.05) is 0 Å². The van der Waals surface area contributed by atoms with Gasteiger partial charge in [-0.2, -0.15) is 26.3 Å². The second kappa shape index (κ2) is 9.06. The average Bonchev–Trinajstić information content (AvgIpc) is 3.40. The van der Waals surface area contributed by atoms with Gasteiger partial charge in [-0.3, -0.25) is 0 Å². The summed E-state index contributed by atoms with van der Waals surface area (Å²) in [5.74, 6) is -15.6. The molecule has 2 aromatic rings. The van der Waals surface area contributed by atoms with Crippen LogP contribution in [0.1, 0.15) is 25.0 Å². The highest BCUT2D eigenvalue weighted by atomic mass is 35.5. The molecule has 0 aromatic carbocycles. The third kappa shape index (κ3) is 3.66. The van der Waals surface area contributed by atoms with Gasteiger partial charge in [-0.15, -0.1) is 23.5 Å². The van der Waals surface area contributed by atoms with Crippen molar-refractivity contribution in [2.24, 2.45) is 14.1 Å². The Kier molecular flexibility index (Phi) is 6.99. The standard InChI is InChI=1S/C27H22F6N2S2.2ClH/c1-23-17(13-19(36-23)15-5-9-34(3)10-6-15)21-22(26(30,31)27(32,33)25(21,28)29)18-14-20(37-24(18,23)2)16-7-11-35(4)12-8-16;;/h5-14H,1-4H3;2*1H/q+2;;/p-2. The van der Waals surface area contributed by atoms with Crippen LogP contribution in [-0.4, -0.2) is 27.3 Å². The molecule has 6 rings (SSSR count). The summed E-state index contributed by atoms with van der Waals surface area (Å²) in [5, 5.41) is 0. The number of hydrogen-bond acceptors (Lipinski definition) is 2. The van der Waals surface area contributed by atoms with Gasteiger partial charge in [0.15, 0.2) is 24.8 Å². The number of rotatable bonds is 2. The van der Waals surface area contributed by atoms with E-state index in [9.17, 15) is 8.78 Å². The van der Waals surface area contributed by atoms with Crippen LogP contribution in [0.25, 0.3) is 9.81 Å². The normalized spacial score (nSPS) is 29.1. The first-order valence-electron chi connectivity index (χ1n) is 11.5. The van der Waals surface area contributed by atoms with E-state index < -0.39 is 38.4 Å². The van der Waals surface area contributed by atoms with Crippen LogP contribution in [0.15, 0.2) is 83.5 Å². The number of alkyl halides is 6. The molecule has 4 heterocycles. The minimum absolute atomic E-state index is 0. The van der Waals surface area contributed by atoms with Crippen LogP contribution in [0.5, 0.6) is 0 Å². The Hall–Kier alpha value is -1.88. The van der Waals surface area contributed by atoms with Crippen molar-refractivity contribution < 1.29 is 60.3 Å². The molecule has 208 valence electrons. The largest absolute Gasteiger partial charge is 1.00 e. The molecule has 0 radical (unpaired) electrons. The Labute approximate surface area is 242 Å². The summed E-state index contributed by atoms with van der Waals surface area (Å²) in [7, 11) is 3.65. The predicted octanol–water partition coefficient (Wildman–Crippen LogP) is 0.263. The highest BCUT2D eigenvalue weighted by molar-refractivity contribution is 8.14. The van der Waals surface area contributed by atoms with Gasteiger partial charge in [0.05, 0.1) is 9.49 Å². The summed E-state index contributed by atoms with van der Waals surface area (Å²) < 4.78 is 92.5. The number of thioether (sulfide) groups is 2. The second-order valence-electron chi connectivity index (χ2n) is 10.1. The topological polar surface area (TPSA) is 7.76 Å². The van der Waals surface area contributed by atoms with Crippen molar-refractivity contribution in [1.29, 1.82) is 0 Å². The van der Waals surface area contributed by atoms with Crippen molar-refractivity contribution in [2.45, 2.75) is 41.1 Å². The van der Waals surface area contributed by atoms with Crippen LogP contribution in [0.2, 0.25) is 0 Å². The Morgan fingerprint density at radius 3 is 1.21 bits per heavy atom. The zero-order valence-electron chi connectivity index (χ0n) is 21.0. The van der Waals surface area contributed by atoms with Gasteiger partial charge in [0.2, 0.25) is 0 Å². The highest BCUT2D eigenvalue weighted by Crippen LogP contribution is 2.75. The number of halogens is 8. The first kappa shape index (κ1) is 30.1. The number of allylic oxidation sites excluding steroid dienone is 4. The fourth-order valence-electron chi connectivity index (χ4n) is 5.52. The molecule has 0 spiro atoms. The van der Waals surface area contributed by atoms with Gasteiger partial charge < -0.3 is 24.8 Å². The molecule has 2 aliphatic heterocycles. The predicted molar refractivity (Wildman–Crippen MR) is 132 cm³/mol. The van der Waals surface area contributed by atoms with Crippen molar-refractivity contribution in [3.8, 4) is 0 Å². The second-order valence-corrected chi connectivity index (χ2v) is 13.0. The molecular weight excluding hydrogens is 601 g/mol. The maximum atomic E-state index is 15.4. The molecular formula is C27H22Cl2F6N2S2. The maximum absolute atomic E-state index is 15.4. The lowest BCUT2D eigenvalue weighted by Crippen LogP contribution is -3.00. The van der Waals surface area contributed by atoms with E-state index in [4.69, 9.17) is 0 Å². The molecule has 2 nitrogen and oxygen atoms in total. The molecule has 2 aliphatic carbocycles. The molecule has 2 unspecified atom stereocenters. The molecule has 1 saturated carbocycles. The summed E-state index contributed by atoms with van der Waals surface area (Å²) in [6, 6.07) is 7.14. The number of fused-ring (bicyclic) bond motifs is 4. The summed E-state index contributed by atoms with van der Waals surface area (Å²) in [4.78, 5) is 1.14. The zero-order chi connectivity index (χ0) is 26.8. The molecule has 0 amide bonds. The van der Waals surface area contributed by atoms with E-state index in [0.717, 1.165) is 0 Å². The summed E-state index contributed by atoms with van der Waals surface area (Å²) >= 11 is 2.52. The van der Waals surface area contributed by atoms with E-state index in [1.165, 1.54) is 35.7 Å². The Morgan fingerprint density at radius 2 is 0.897 bits per heavy atom. The number of nitrogens with zero attached hydrogens (tertiary/aromatic N) is 2. The summed E-state index contributed by atoms with van der Waals surface area (Å²) in [6.07, 6.45) is 9.93. The minimum atomic E-state index is -5.56. The minimum Gasteiger partial charge on any atom is -1.00 e. The molecule has 39 heavy (non-hydrogen) atoms. The van der Waals surface area contributed by atoms with E-state index in [0.29, 0.717) is 20.9 Å². The molecule has 4 aliphatic rings. The molecule has 12 heteroatoms. The third-order valence-electron chi connectivity index (χ3n) is 7.85. The van der Waals surface area contributed by atoms with Crippen LogP contribution in [0.4, 0.5) is 26.3 Å². The molecule has 0 bridgehead atoms. The van der Waals surface area contributed by atoms with Crippen molar-refractivity contribution in [2.75, 3.05) is 0 Å². The quantitative estimate of drug-likeness (QED) is 0.351. The molecule has 1 fully saturated rings. The van der Waals surface area contributed by atoms with Crippen LogP contribution in [-0.2, 0) is 14.1 Å². The smallest absolute Gasteiger partial charge is 0.380 e. The van der Waals surface area contributed by atoms with Crippen molar-refractivity contribution in [1.82, 2.24) is 0 Å². The van der Waals surface area contributed by atoms with Crippen molar-refractivity contribution in [3.63, 3.8) is 0 Å². The van der Waals surface area contributed by atoms with Crippen LogP contribution >= 0.6 is 23.5 Å². The summed E-state index contributed by atoms with van der Waals surface area (Å²) in [6.45, 7) is 3.39. The van der Waals surface area contributed by atoms with E-state index in [-0.39, 0.29) is 36.0 Å². The Balaban J connectivity index is 0.00000176. The van der Waals surface area contributed by atoms with Crippen LogP contribution in [0.3, 0.4) is 0 Å². The van der Waals surface area contributed by atoms with Gasteiger partial charge in [0.1, 0.15) is 14.1 Å².